The molecule has 1 amide bonds. The van der Waals surface area contributed by atoms with Gasteiger partial charge in [0, 0.05) is 12.6 Å². The molecule has 0 aliphatic carbocycles. The predicted molar refractivity (Wildman–Crippen MR) is 104 cm³/mol. The van der Waals surface area contributed by atoms with Crippen molar-refractivity contribution < 1.29 is 18.0 Å². The van der Waals surface area contributed by atoms with Gasteiger partial charge in [-0.15, -0.1) is 0 Å². The third-order valence-corrected chi connectivity index (χ3v) is 4.14. The summed E-state index contributed by atoms with van der Waals surface area (Å²) in [6, 6.07) is 11.3. The minimum atomic E-state index is -4.41. The Hall–Kier alpha value is -3.62. The number of carbonyl (C=O) groups excluding carboxylic acids is 1. The summed E-state index contributed by atoms with van der Waals surface area (Å²) in [5, 5.41) is 0.466. The maximum Gasteiger partial charge on any atom is 0.416 e. The minimum absolute atomic E-state index is 0.174. The molecule has 29 heavy (non-hydrogen) atoms. The van der Waals surface area contributed by atoms with E-state index in [0.29, 0.717) is 23.0 Å². The first kappa shape index (κ1) is 20.1. The fraction of sp³-hybridized carbons (Fsp3) is 0.150. The Labute approximate surface area is 163 Å². The van der Waals surface area contributed by atoms with Gasteiger partial charge >= 0.3 is 6.18 Å². The topological polar surface area (TPSA) is 76.0 Å². The van der Waals surface area contributed by atoms with Gasteiger partial charge < -0.3 is 0 Å². The lowest BCUT2D eigenvalue weighted by Gasteiger charge is -2.13. The third-order valence-electron chi connectivity index (χ3n) is 4.14. The van der Waals surface area contributed by atoms with Crippen LogP contribution >= 0.6 is 0 Å². The van der Waals surface area contributed by atoms with Crippen LogP contribution in [0.25, 0.3) is 17.0 Å². The highest BCUT2D eigenvalue weighted by Crippen LogP contribution is 2.29. The van der Waals surface area contributed by atoms with Crippen LogP contribution in [0, 0.1) is 0 Å². The number of amides is 1. The van der Waals surface area contributed by atoms with Crippen LogP contribution in [-0.2, 0) is 17.5 Å². The second kappa shape index (κ2) is 8.17. The maximum atomic E-state index is 12.6. The summed E-state index contributed by atoms with van der Waals surface area (Å²) in [5.74, 6) is -0.387. The van der Waals surface area contributed by atoms with Gasteiger partial charge in [0.15, 0.2) is 0 Å². The van der Waals surface area contributed by atoms with E-state index >= 15 is 0 Å². The molecule has 0 spiro atoms. The molecule has 0 fully saturated rings. The average Bonchev–Trinajstić information content (AvgIpc) is 2.70. The lowest BCUT2D eigenvalue weighted by Crippen LogP contribution is -2.33. The number of para-hydroxylation sites is 1. The lowest BCUT2D eigenvalue weighted by molar-refractivity contribution is -0.137. The van der Waals surface area contributed by atoms with E-state index in [2.05, 4.69) is 15.8 Å². The molecule has 0 radical (unpaired) electrons. The normalized spacial score (nSPS) is 11.7. The number of fused-ring (bicyclic) bond motifs is 1. The van der Waals surface area contributed by atoms with Crippen molar-refractivity contribution in [3.63, 3.8) is 0 Å². The van der Waals surface area contributed by atoms with Crippen molar-refractivity contribution in [3.8, 4) is 0 Å². The molecular formula is C20H17F3N4O2. The molecule has 0 saturated heterocycles. The molecule has 1 aromatic heterocycles. The SMILES string of the molecule is CCn1c(NNC(=O)/C=C/c2ccc(C(F)(F)F)cc2)nc2ccccc2c1=O. The van der Waals surface area contributed by atoms with Crippen molar-refractivity contribution in [3.05, 3.63) is 76.1 Å². The van der Waals surface area contributed by atoms with Gasteiger partial charge in [0.05, 0.1) is 16.5 Å². The number of hydrazine groups is 1. The first-order valence-corrected chi connectivity index (χ1v) is 8.70. The standard InChI is InChI=1S/C20H17F3N4O2/c1-2-27-18(29)15-5-3-4-6-16(15)24-19(27)26-25-17(28)12-9-13-7-10-14(11-8-13)20(21,22)23/h3-12H,2H2,1H3,(H,24,26)(H,25,28)/b12-9+. The van der Waals surface area contributed by atoms with Gasteiger partial charge in [-0.3, -0.25) is 25.0 Å². The molecule has 2 aromatic carbocycles. The number of benzene rings is 2. The summed E-state index contributed by atoms with van der Waals surface area (Å²) in [7, 11) is 0. The van der Waals surface area contributed by atoms with E-state index in [4.69, 9.17) is 0 Å². The van der Waals surface area contributed by atoms with Crippen LogP contribution in [0.15, 0.2) is 59.4 Å². The highest BCUT2D eigenvalue weighted by atomic mass is 19.4. The first-order valence-electron chi connectivity index (χ1n) is 8.70. The van der Waals surface area contributed by atoms with E-state index in [9.17, 15) is 22.8 Å². The van der Waals surface area contributed by atoms with Crippen molar-refractivity contribution in [1.29, 1.82) is 0 Å². The molecule has 0 saturated carbocycles. The molecule has 0 atom stereocenters. The average molecular weight is 402 g/mol. The number of anilines is 1. The molecule has 150 valence electrons. The Balaban J connectivity index is 1.71. The molecule has 9 heteroatoms. The van der Waals surface area contributed by atoms with E-state index in [1.165, 1.54) is 22.8 Å². The summed E-state index contributed by atoms with van der Waals surface area (Å²) in [6.45, 7) is 2.12. The Morgan fingerprint density at radius 3 is 2.48 bits per heavy atom. The number of nitrogens with one attached hydrogen (secondary N) is 2. The molecule has 0 bridgehead atoms. The highest BCUT2D eigenvalue weighted by Gasteiger charge is 2.29. The lowest BCUT2D eigenvalue weighted by atomic mass is 10.1. The molecule has 0 unspecified atom stereocenters. The van der Waals surface area contributed by atoms with Crippen LogP contribution in [0.5, 0.6) is 0 Å². The van der Waals surface area contributed by atoms with Gasteiger partial charge in [-0.25, -0.2) is 4.98 Å². The first-order chi connectivity index (χ1) is 13.8. The summed E-state index contributed by atoms with van der Waals surface area (Å²) >= 11 is 0. The summed E-state index contributed by atoms with van der Waals surface area (Å²) < 4.78 is 39.1. The second-order valence-corrected chi connectivity index (χ2v) is 6.07. The number of hydrogen-bond donors (Lipinski definition) is 2. The van der Waals surface area contributed by atoms with Gasteiger partial charge in [0.2, 0.25) is 5.95 Å². The zero-order chi connectivity index (χ0) is 21.0. The molecule has 3 rings (SSSR count). The molecule has 0 aliphatic rings. The third kappa shape index (κ3) is 4.63. The van der Waals surface area contributed by atoms with E-state index in [1.807, 2.05) is 0 Å². The summed E-state index contributed by atoms with van der Waals surface area (Å²) in [4.78, 5) is 28.9. The Morgan fingerprint density at radius 1 is 1.14 bits per heavy atom. The number of aromatic nitrogens is 2. The van der Waals surface area contributed by atoms with Crippen LogP contribution in [0.2, 0.25) is 0 Å². The van der Waals surface area contributed by atoms with E-state index in [0.717, 1.165) is 18.2 Å². The summed E-state index contributed by atoms with van der Waals surface area (Å²) in [5.41, 5.74) is 4.92. The van der Waals surface area contributed by atoms with Crippen LogP contribution in [0.4, 0.5) is 19.1 Å². The van der Waals surface area contributed by atoms with Crippen LogP contribution in [0.3, 0.4) is 0 Å². The van der Waals surface area contributed by atoms with Crippen molar-refractivity contribution in [1.82, 2.24) is 15.0 Å². The van der Waals surface area contributed by atoms with E-state index < -0.39 is 17.6 Å². The van der Waals surface area contributed by atoms with Crippen molar-refractivity contribution in [2.24, 2.45) is 0 Å². The smallest absolute Gasteiger partial charge is 0.277 e. The second-order valence-electron chi connectivity index (χ2n) is 6.07. The zero-order valence-electron chi connectivity index (χ0n) is 15.3. The van der Waals surface area contributed by atoms with Crippen molar-refractivity contribution >= 4 is 28.8 Å². The number of rotatable bonds is 5. The number of halogens is 3. The number of nitrogens with zero attached hydrogens (tertiary/aromatic N) is 2. The Kier molecular flexibility index (Phi) is 5.67. The van der Waals surface area contributed by atoms with Crippen LogP contribution < -0.4 is 16.4 Å². The molecule has 3 aromatic rings. The zero-order valence-corrected chi connectivity index (χ0v) is 15.3. The number of hydrogen-bond acceptors (Lipinski definition) is 4. The fourth-order valence-corrected chi connectivity index (χ4v) is 2.67. The molecule has 2 N–H and O–H groups in total. The van der Waals surface area contributed by atoms with E-state index in [1.54, 1.807) is 31.2 Å². The van der Waals surface area contributed by atoms with Crippen LogP contribution in [-0.4, -0.2) is 15.5 Å². The van der Waals surface area contributed by atoms with Gasteiger partial charge in [0.1, 0.15) is 0 Å². The van der Waals surface area contributed by atoms with Gasteiger partial charge in [-0.2, -0.15) is 13.2 Å². The minimum Gasteiger partial charge on any atom is -0.277 e. The Morgan fingerprint density at radius 2 is 1.83 bits per heavy atom. The Bertz CT molecular complexity index is 1120. The van der Waals surface area contributed by atoms with Crippen LogP contribution in [0.1, 0.15) is 18.1 Å². The molecule has 6 nitrogen and oxygen atoms in total. The van der Waals surface area contributed by atoms with Crippen molar-refractivity contribution in [2.75, 3.05) is 5.43 Å². The molecule has 0 aliphatic heterocycles. The summed E-state index contributed by atoms with van der Waals surface area (Å²) in [6.07, 6.45) is -1.88. The maximum absolute atomic E-state index is 12.6. The number of alkyl halides is 3. The predicted octanol–water partition coefficient (Wildman–Crippen LogP) is 3.59. The molecule has 1 heterocycles. The quantitative estimate of drug-likeness (QED) is 0.505. The fourth-order valence-electron chi connectivity index (χ4n) is 2.67. The molecular weight excluding hydrogens is 385 g/mol. The highest BCUT2D eigenvalue weighted by molar-refractivity contribution is 5.92. The van der Waals surface area contributed by atoms with E-state index in [-0.39, 0.29) is 11.5 Å². The van der Waals surface area contributed by atoms with Gasteiger partial charge in [0.25, 0.3) is 11.5 Å². The van der Waals surface area contributed by atoms with Crippen molar-refractivity contribution in [2.45, 2.75) is 19.6 Å². The largest absolute Gasteiger partial charge is 0.416 e. The van der Waals surface area contributed by atoms with Gasteiger partial charge in [-0.05, 0) is 42.8 Å². The van der Waals surface area contributed by atoms with Gasteiger partial charge in [-0.1, -0.05) is 24.3 Å². The number of carbonyl (C=O) groups is 1. The monoisotopic (exact) mass is 402 g/mol.